The van der Waals surface area contributed by atoms with Gasteiger partial charge in [0, 0.05) is 4.90 Å². The molecule has 2 nitrogen and oxygen atoms in total. The Hall–Kier alpha value is -0.670. The number of thioether (sulfide) groups is 1. The van der Waals surface area contributed by atoms with Crippen LogP contribution in [0.2, 0.25) is 0 Å². The summed E-state index contributed by atoms with van der Waals surface area (Å²) in [5, 5.41) is 4.08. The fraction of sp³-hybridized carbons (Fsp3) is 0.500. The first-order valence-corrected chi connectivity index (χ1v) is 6.39. The number of hydrogen-bond donors (Lipinski definition) is 1. The van der Waals surface area contributed by atoms with Crippen LogP contribution in [0.15, 0.2) is 29.2 Å². The van der Waals surface area contributed by atoms with E-state index in [4.69, 9.17) is 4.74 Å². The van der Waals surface area contributed by atoms with Gasteiger partial charge in [0.15, 0.2) is 0 Å². The van der Waals surface area contributed by atoms with E-state index in [-0.39, 0.29) is 0 Å². The van der Waals surface area contributed by atoms with Crippen molar-refractivity contribution in [2.45, 2.75) is 30.0 Å². The van der Waals surface area contributed by atoms with Crippen molar-refractivity contribution >= 4 is 11.8 Å². The zero-order valence-electron chi connectivity index (χ0n) is 9.03. The third-order valence-electron chi connectivity index (χ3n) is 2.43. The molecule has 1 N–H and O–H groups in total. The highest BCUT2D eigenvalue weighted by Crippen LogP contribution is 2.28. The molecule has 1 fully saturated rings. The molecule has 1 aliphatic heterocycles. The average Bonchev–Trinajstić information content (AvgIpc) is 2.74. The molecule has 0 amide bonds. The third-order valence-corrected chi connectivity index (χ3v) is 3.66. The van der Waals surface area contributed by atoms with Crippen LogP contribution in [0.3, 0.4) is 0 Å². The summed E-state index contributed by atoms with van der Waals surface area (Å²) in [6.45, 7) is 3.90. The van der Waals surface area contributed by atoms with Crippen molar-refractivity contribution in [2.24, 2.45) is 0 Å². The summed E-state index contributed by atoms with van der Waals surface area (Å²) in [6.07, 6.45) is 2.58. The molecule has 0 spiro atoms. The highest BCUT2D eigenvalue weighted by atomic mass is 32.2. The molecule has 15 heavy (non-hydrogen) atoms. The maximum Gasteiger partial charge on any atom is 0.119 e. The summed E-state index contributed by atoms with van der Waals surface area (Å²) in [5.74, 6) is 0.959. The zero-order valence-corrected chi connectivity index (χ0v) is 9.85. The molecule has 1 unspecified atom stereocenters. The van der Waals surface area contributed by atoms with Gasteiger partial charge in [-0.05, 0) is 50.6 Å². The summed E-state index contributed by atoms with van der Waals surface area (Å²) in [5.41, 5.74) is 0. The number of rotatable bonds is 4. The first-order valence-electron chi connectivity index (χ1n) is 5.51. The fourth-order valence-corrected chi connectivity index (χ4v) is 2.81. The largest absolute Gasteiger partial charge is 0.494 e. The quantitative estimate of drug-likeness (QED) is 0.848. The van der Waals surface area contributed by atoms with Gasteiger partial charge < -0.3 is 10.1 Å². The van der Waals surface area contributed by atoms with Crippen LogP contribution in [0.1, 0.15) is 19.8 Å². The van der Waals surface area contributed by atoms with E-state index < -0.39 is 0 Å². The Labute approximate surface area is 95.4 Å². The molecule has 1 aliphatic rings. The van der Waals surface area contributed by atoms with Crippen LogP contribution in [0.4, 0.5) is 0 Å². The second-order valence-corrected chi connectivity index (χ2v) is 4.88. The predicted molar refractivity (Wildman–Crippen MR) is 64.5 cm³/mol. The van der Waals surface area contributed by atoms with Gasteiger partial charge in [-0.1, -0.05) is 0 Å². The Bertz CT molecular complexity index is 293. The van der Waals surface area contributed by atoms with E-state index >= 15 is 0 Å². The van der Waals surface area contributed by atoms with Gasteiger partial charge >= 0.3 is 0 Å². The van der Waals surface area contributed by atoms with E-state index in [2.05, 4.69) is 17.4 Å². The molecule has 0 radical (unpaired) electrons. The van der Waals surface area contributed by atoms with Crippen molar-refractivity contribution in [3.63, 3.8) is 0 Å². The number of ether oxygens (including phenoxy) is 1. The van der Waals surface area contributed by atoms with Crippen molar-refractivity contribution in [3.8, 4) is 5.75 Å². The summed E-state index contributed by atoms with van der Waals surface area (Å²) >= 11 is 1.91. The molecule has 0 aromatic heterocycles. The highest BCUT2D eigenvalue weighted by molar-refractivity contribution is 7.99. The summed E-state index contributed by atoms with van der Waals surface area (Å²) in [4.78, 5) is 1.32. The summed E-state index contributed by atoms with van der Waals surface area (Å²) < 4.78 is 5.41. The van der Waals surface area contributed by atoms with Gasteiger partial charge in [0.05, 0.1) is 12.0 Å². The molecule has 0 aliphatic carbocycles. The predicted octanol–water partition coefficient (Wildman–Crippen LogP) is 2.89. The minimum absolute atomic E-state index is 0.600. The molecule has 82 valence electrons. The normalized spacial score (nSPS) is 20.5. The zero-order chi connectivity index (χ0) is 10.5. The Balaban J connectivity index is 1.91. The van der Waals surface area contributed by atoms with Crippen LogP contribution >= 0.6 is 11.8 Å². The molecule has 1 aromatic rings. The molecule has 1 heterocycles. The lowest BCUT2D eigenvalue weighted by Gasteiger charge is -2.10. The number of hydrogen-bond acceptors (Lipinski definition) is 3. The van der Waals surface area contributed by atoms with Crippen molar-refractivity contribution in [3.05, 3.63) is 24.3 Å². The van der Waals surface area contributed by atoms with E-state index in [1.54, 1.807) is 0 Å². The lowest BCUT2D eigenvalue weighted by molar-refractivity contribution is 0.340. The van der Waals surface area contributed by atoms with Gasteiger partial charge in [-0.15, -0.1) is 11.8 Å². The Morgan fingerprint density at radius 3 is 2.80 bits per heavy atom. The fourth-order valence-electron chi connectivity index (χ4n) is 1.70. The highest BCUT2D eigenvalue weighted by Gasteiger charge is 2.14. The lowest BCUT2D eigenvalue weighted by atomic mass is 10.3. The Kier molecular flexibility index (Phi) is 3.92. The molecular formula is C12H17NOS. The topological polar surface area (TPSA) is 21.3 Å². The van der Waals surface area contributed by atoms with Gasteiger partial charge in [-0.2, -0.15) is 0 Å². The van der Waals surface area contributed by atoms with E-state index in [9.17, 15) is 0 Å². The van der Waals surface area contributed by atoms with Crippen LogP contribution in [-0.4, -0.2) is 18.5 Å². The van der Waals surface area contributed by atoms with Crippen LogP contribution in [0.5, 0.6) is 5.75 Å². The van der Waals surface area contributed by atoms with Crippen molar-refractivity contribution in [1.29, 1.82) is 0 Å². The van der Waals surface area contributed by atoms with E-state index in [1.807, 2.05) is 30.8 Å². The Morgan fingerprint density at radius 1 is 1.40 bits per heavy atom. The standard InChI is InChI=1S/C12H17NOS/c1-2-14-10-5-7-11(8-6-10)15-12-4-3-9-13-12/h5-8,12-13H,2-4,9H2,1H3. The minimum atomic E-state index is 0.600. The first-order chi connectivity index (χ1) is 7.38. The van der Waals surface area contributed by atoms with Crippen LogP contribution in [0, 0.1) is 0 Å². The minimum Gasteiger partial charge on any atom is -0.494 e. The van der Waals surface area contributed by atoms with Crippen LogP contribution in [0.25, 0.3) is 0 Å². The number of benzene rings is 1. The monoisotopic (exact) mass is 223 g/mol. The maximum absolute atomic E-state index is 5.41. The maximum atomic E-state index is 5.41. The summed E-state index contributed by atoms with van der Waals surface area (Å²) in [6, 6.07) is 8.35. The molecule has 1 atom stereocenters. The van der Waals surface area contributed by atoms with Crippen LogP contribution < -0.4 is 10.1 Å². The lowest BCUT2D eigenvalue weighted by Crippen LogP contribution is -2.16. The summed E-state index contributed by atoms with van der Waals surface area (Å²) in [7, 11) is 0. The molecule has 0 bridgehead atoms. The molecule has 2 rings (SSSR count). The molecular weight excluding hydrogens is 206 g/mol. The molecule has 0 saturated carbocycles. The van der Waals surface area contributed by atoms with Crippen molar-refractivity contribution in [1.82, 2.24) is 5.32 Å². The molecule has 1 aromatic carbocycles. The van der Waals surface area contributed by atoms with Gasteiger partial charge in [0.2, 0.25) is 0 Å². The second kappa shape index (κ2) is 5.42. The average molecular weight is 223 g/mol. The van der Waals surface area contributed by atoms with Gasteiger partial charge in [-0.25, -0.2) is 0 Å². The van der Waals surface area contributed by atoms with Gasteiger partial charge in [0.25, 0.3) is 0 Å². The second-order valence-electron chi connectivity index (χ2n) is 3.61. The van der Waals surface area contributed by atoms with E-state index in [0.717, 1.165) is 18.9 Å². The van der Waals surface area contributed by atoms with Crippen molar-refractivity contribution in [2.75, 3.05) is 13.2 Å². The number of nitrogens with one attached hydrogen (secondary N) is 1. The third kappa shape index (κ3) is 3.14. The van der Waals surface area contributed by atoms with Crippen LogP contribution in [-0.2, 0) is 0 Å². The smallest absolute Gasteiger partial charge is 0.119 e. The van der Waals surface area contributed by atoms with Crippen molar-refractivity contribution < 1.29 is 4.74 Å². The molecule has 3 heteroatoms. The Morgan fingerprint density at radius 2 is 2.20 bits per heavy atom. The van der Waals surface area contributed by atoms with E-state index in [0.29, 0.717) is 5.37 Å². The SMILES string of the molecule is CCOc1ccc(SC2CCCN2)cc1. The first kappa shape index (κ1) is 10.8. The van der Waals surface area contributed by atoms with E-state index in [1.165, 1.54) is 17.7 Å². The van der Waals surface area contributed by atoms with Gasteiger partial charge in [0.1, 0.15) is 5.75 Å². The molecule has 1 saturated heterocycles. The van der Waals surface area contributed by atoms with Gasteiger partial charge in [-0.3, -0.25) is 0 Å².